The van der Waals surface area contributed by atoms with Crippen LogP contribution in [0, 0.1) is 11.2 Å². The first-order chi connectivity index (χ1) is 41.8. The highest BCUT2D eigenvalue weighted by atomic mass is 35.5. The molecule has 466 valence electrons. The maximum absolute atomic E-state index is 15.7. The minimum Gasteiger partial charge on any atom is -0.380 e. The van der Waals surface area contributed by atoms with Crippen molar-refractivity contribution in [3.8, 4) is 0 Å². The third-order valence-electron chi connectivity index (χ3n) is 17.7. The second-order valence-corrected chi connectivity index (χ2v) is 29.4. The summed E-state index contributed by atoms with van der Waals surface area (Å²) in [4.78, 5) is 73.2. The zero-order valence-electron chi connectivity index (χ0n) is 48.5. The normalized spacial score (nSPS) is 21.6. The number of nitrogens with one attached hydrogen (secondary N) is 3. The predicted molar refractivity (Wildman–Crippen MR) is 326 cm³/mol. The zero-order valence-corrected chi connectivity index (χ0v) is 51.7. The van der Waals surface area contributed by atoms with E-state index >= 15 is 4.39 Å². The molecule has 4 fully saturated rings. The van der Waals surface area contributed by atoms with Gasteiger partial charge in [0.2, 0.25) is 11.8 Å². The van der Waals surface area contributed by atoms with Gasteiger partial charge in [-0.1, -0.05) is 61.4 Å². The van der Waals surface area contributed by atoms with Crippen LogP contribution in [0.25, 0.3) is 5.57 Å². The first-order valence-electron chi connectivity index (χ1n) is 29.3. The Labute approximate surface area is 518 Å². The lowest BCUT2D eigenvalue weighted by Gasteiger charge is -2.41. The fourth-order valence-electron chi connectivity index (χ4n) is 13.2. The number of carbonyl (C=O) groups excluding carboxylic acids is 5. The minimum atomic E-state index is -6.19. The number of thioether (sulfide) groups is 1. The number of carbonyl (C=O) groups is 5. The highest BCUT2D eigenvalue weighted by Crippen LogP contribution is 2.44. The van der Waals surface area contributed by atoms with Crippen molar-refractivity contribution in [3.63, 3.8) is 0 Å². The molecule has 0 saturated carbocycles. The van der Waals surface area contributed by atoms with Crippen LogP contribution in [-0.4, -0.2) is 154 Å². The molecule has 5 heterocycles. The molecule has 2 bridgehead atoms. The summed E-state index contributed by atoms with van der Waals surface area (Å²) in [7, 11) is -11.1. The predicted octanol–water partition coefficient (Wildman–Crippen LogP) is 9.39. The number of anilines is 2. The van der Waals surface area contributed by atoms with Crippen LogP contribution in [0.3, 0.4) is 0 Å². The third-order valence-corrected chi connectivity index (χ3v) is 22.0. The average molecular weight is 1290 g/mol. The molecular weight excluding hydrogens is 1220 g/mol. The SMILES string of the molecule is CC1(C)CCC(c2ccc(Cl)cc2)=C(CN2CCN(c3ccc(C(=O)NS(=O)(=O)c4ccc(N[C@H](CCN5C6CCC5CN(Cc5cc(F)c7c(c5)C(=O)N(C5CCC(=O)NC5=O)C7=O)C6)CSc5ccccc5)c(S(=O)(=O)C(F)(F)F)c4)cc3)CC2)C1. The topological polar surface area (TPSA) is 206 Å². The Kier molecular flexibility index (Phi) is 18.1. The maximum Gasteiger partial charge on any atom is 0.501 e. The van der Waals surface area contributed by atoms with Gasteiger partial charge in [-0.25, -0.2) is 25.9 Å². The summed E-state index contributed by atoms with van der Waals surface area (Å²) < 4.78 is 116. The van der Waals surface area contributed by atoms with Gasteiger partial charge in [0, 0.05) is 110 Å². The van der Waals surface area contributed by atoms with E-state index in [-0.39, 0.29) is 53.8 Å². The summed E-state index contributed by atoms with van der Waals surface area (Å²) >= 11 is 7.60. The monoisotopic (exact) mass is 1290 g/mol. The molecule has 0 spiro atoms. The number of fused-ring (bicyclic) bond motifs is 3. The standard InChI is InChI=1S/C63H67ClF4N8O9S3/c1-62(2)24-22-50(40-8-12-43(64)13-9-40)42(33-62)35-72-26-28-74(29-27-72)45-14-10-41(11-15-45)58(78)71-88(84,85)49-18-19-53(55(32-49)87(82,83)63(66,67)68)69-44(38-86-48-6-4-3-5-7-48)23-25-75-46-16-17-47(75)37-73(36-46)34-39-30-51-57(52(65)31-39)61(81)76(60(51)80)54-20-21-56(77)70-59(54)79/h3-15,18-19,30-32,44,46-47,54,69H,16-17,20-29,33-38H2,1-2H3,(H,71,78)(H,70,77,79)/t44-,46?,47?,54?/m1/s1. The van der Waals surface area contributed by atoms with Crippen molar-refractivity contribution in [2.75, 3.05) is 68.3 Å². The Bertz CT molecular complexity index is 3800. The third kappa shape index (κ3) is 13.6. The summed E-state index contributed by atoms with van der Waals surface area (Å²) in [5.74, 6) is -4.82. The van der Waals surface area contributed by atoms with E-state index < -0.39 is 93.8 Å². The molecular formula is C63H67ClF4N8O9S3. The van der Waals surface area contributed by atoms with Gasteiger partial charge in [0.15, 0.2) is 0 Å². The number of sulfonamides is 1. The zero-order chi connectivity index (χ0) is 62.5. The first kappa shape index (κ1) is 62.9. The van der Waals surface area contributed by atoms with Crippen LogP contribution in [-0.2, 0) is 36.0 Å². The maximum atomic E-state index is 15.7. The summed E-state index contributed by atoms with van der Waals surface area (Å²) in [6.07, 6.45) is 4.81. The number of sulfone groups is 1. The molecule has 17 nitrogen and oxygen atoms in total. The smallest absolute Gasteiger partial charge is 0.380 e. The Morgan fingerprint density at radius 1 is 0.807 bits per heavy atom. The minimum absolute atomic E-state index is 0.00862. The summed E-state index contributed by atoms with van der Waals surface area (Å²) in [6.45, 7) is 10.1. The number of likely N-dealkylation sites (tertiary alicyclic amines) is 1. The molecule has 4 atom stereocenters. The van der Waals surface area contributed by atoms with Crippen molar-refractivity contribution in [2.24, 2.45) is 5.41 Å². The van der Waals surface area contributed by atoms with Crippen molar-refractivity contribution in [1.82, 2.24) is 29.6 Å². The quantitative estimate of drug-likeness (QED) is 0.0400. The molecule has 5 aliphatic heterocycles. The average Bonchev–Trinajstić information content (AvgIpc) is 1.55. The first-order valence-corrected chi connectivity index (χ1v) is 33.7. The van der Waals surface area contributed by atoms with E-state index in [0.29, 0.717) is 55.8 Å². The highest BCUT2D eigenvalue weighted by molar-refractivity contribution is 7.99. The number of imide groups is 2. The molecule has 0 radical (unpaired) electrons. The van der Waals surface area contributed by atoms with Gasteiger partial charge in [0.25, 0.3) is 37.6 Å². The number of benzene rings is 5. The number of hydrogen-bond donors (Lipinski definition) is 3. The van der Waals surface area contributed by atoms with E-state index in [9.17, 15) is 54.0 Å². The van der Waals surface area contributed by atoms with Crippen molar-refractivity contribution in [3.05, 3.63) is 153 Å². The summed E-state index contributed by atoms with van der Waals surface area (Å²) in [6, 6.07) is 26.6. The number of nitrogens with zero attached hydrogens (tertiary/aromatic N) is 5. The Morgan fingerprint density at radius 3 is 2.17 bits per heavy atom. The number of piperazine rings is 2. The van der Waals surface area contributed by atoms with Gasteiger partial charge in [-0.2, -0.15) is 13.2 Å². The molecule has 5 amide bonds. The molecule has 88 heavy (non-hydrogen) atoms. The van der Waals surface area contributed by atoms with E-state index in [1.807, 2.05) is 47.2 Å². The lowest BCUT2D eigenvalue weighted by Crippen LogP contribution is -2.54. The van der Waals surface area contributed by atoms with Crippen molar-refractivity contribution >= 4 is 89.7 Å². The number of allylic oxidation sites excluding steroid dienone is 1. The Morgan fingerprint density at radius 2 is 1.50 bits per heavy atom. The Hall–Kier alpha value is -6.67. The molecule has 25 heteroatoms. The van der Waals surface area contributed by atoms with Crippen molar-refractivity contribution in [2.45, 2.75) is 116 Å². The van der Waals surface area contributed by atoms with Gasteiger partial charge in [-0.05, 0) is 146 Å². The van der Waals surface area contributed by atoms with E-state index in [1.54, 1.807) is 12.1 Å². The van der Waals surface area contributed by atoms with E-state index in [2.05, 4.69) is 56.2 Å². The van der Waals surface area contributed by atoms with Gasteiger partial charge in [-0.3, -0.25) is 48.9 Å². The fraction of sp³-hybridized carbons (Fsp3) is 0.413. The Balaban J connectivity index is 0.742. The number of alkyl halides is 3. The molecule has 3 unspecified atom stereocenters. The molecule has 0 aromatic heterocycles. The molecule has 1 aliphatic carbocycles. The number of amides is 5. The van der Waals surface area contributed by atoms with Gasteiger partial charge in [0.05, 0.1) is 21.7 Å². The van der Waals surface area contributed by atoms with Crippen LogP contribution in [0.1, 0.15) is 107 Å². The lowest BCUT2D eigenvalue weighted by atomic mass is 9.73. The largest absolute Gasteiger partial charge is 0.501 e. The number of piperidine rings is 1. The molecule has 11 rings (SSSR count). The lowest BCUT2D eigenvalue weighted by molar-refractivity contribution is -0.136. The van der Waals surface area contributed by atoms with Crippen LogP contribution >= 0.6 is 23.4 Å². The van der Waals surface area contributed by atoms with Gasteiger partial charge in [-0.15, -0.1) is 11.8 Å². The van der Waals surface area contributed by atoms with Crippen LogP contribution in [0.2, 0.25) is 5.02 Å². The van der Waals surface area contributed by atoms with E-state index in [0.717, 1.165) is 79.4 Å². The molecule has 4 saturated heterocycles. The molecule has 3 N–H and O–H groups in total. The van der Waals surface area contributed by atoms with E-state index in [1.165, 1.54) is 52.7 Å². The van der Waals surface area contributed by atoms with Crippen LogP contribution in [0.4, 0.5) is 28.9 Å². The number of hydrogen-bond acceptors (Lipinski definition) is 15. The van der Waals surface area contributed by atoms with Gasteiger partial charge in [0.1, 0.15) is 16.8 Å². The highest BCUT2D eigenvalue weighted by Gasteiger charge is 2.50. The summed E-state index contributed by atoms with van der Waals surface area (Å²) in [5, 5.41) is 5.87. The molecule has 6 aliphatic rings. The van der Waals surface area contributed by atoms with Crippen molar-refractivity contribution in [1.29, 1.82) is 0 Å². The van der Waals surface area contributed by atoms with Crippen molar-refractivity contribution < 1.29 is 58.4 Å². The second-order valence-electron chi connectivity index (χ2n) is 24.3. The number of rotatable bonds is 19. The second kappa shape index (κ2) is 25.3. The fourth-order valence-corrected chi connectivity index (χ4v) is 16.3. The molecule has 5 aromatic carbocycles. The van der Waals surface area contributed by atoms with Crippen LogP contribution in [0.15, 0.2) is 129 Å². The van der Waals surface area contributed by atoms with E-state index in [4.69, 9.17) is 11.6 Å². The van der Waals surface area contributed by atoms with Gasteiger partial charge >= 0.3 is 5.51 Å². The number of halogens is 5. The van der Waals surface area contributed by atoms with Crippen LogP contribution < -0.4 is 20.3 Å². The molecule has 5 aromatic rings. The summed E-state index contributed by atoms with van der Waals surface area (Å²) in [5.41, 5.74) is -1.53. The van der Waals surface area contributed by atoms with Gasteiger partial charge < -0.3 is 10.2 Å². The van der Waals surface area contributed by atoms with Crippen LogP contribution in [0.5, 0.6) is 0 Å².